The van der Waals surface area contributed by atoms with Crippen LogP contribution in [0.1, 0.15) is 42.3 Å². The van der Waals surface area contributed by atoms with E-state index in [4.69, 9.17) is 4.98 Å². The zero-order valence-corrected chi connectivity index (χ0v) is 12.6. The van der Waals surface area contributed by atoms with Crippen LogP contribution in [0.3, 0.4) is 0 Å². The summed E-state index contributed by atoms with van der Waals surface area (Å²) in [4.78, 5) is 8.79. The monoisotopic (exact) mass is 267 g/mol. The van der Waals surface area contributed by atoms with Gasteiger partial charge in [0.05, 0.1) is 12.2 Å². The molecule has 0 bridgehead atoms. The van der Waals surface area contributed by atoms with Crippen molar-refractivity contribution in [3.63, 3.8) is 0 Å². The zero-order chi connectivity index (χ0) is 13.0. The standard InChI is InChI=1S/C14H25N3S/c1-4-12-13(8-15-3)18-14(16-12)10-17-7-5-6-11(2)9-17/h11,15H,4-10H2,1-3H3. The Morgan fingerprint density at radius 3 is 3.00 bits per heavy atom. The number of aryl methyl sites for hydroxylation is 1. The molecule has 1 aromatic rings. The number of piperidine rings is 1. The maximum Gasteiger partial charge on any atom is 0.107 e. The van der Waals surface area contributed by atoms with Gasteiger partial charge in [-0.25, -0.2) is 4.98 Å². The molecule has 0 radical (unpaired) electrons. The lowest BCUT2D eigenvalue weighted by Crippen LogP contribution is -2.33. The molecule has 2 rings (SSSR count). The van der Waals surface area contributed by atoms with Crippen LogP contribution in [0.4, 0.5) is 0 Å². The minimum absolute atomic E-state index is 0.848. The molecule has 1 aliphatic heterocycles. The normalized spacial score (nSPS) is 21.4. The van der Waals surface area contributed by atoms with Crippen LogP contribution in [-0.4, -0.2) is 30.0 Å². The first-order valence-corrected chi connectivity index (χ1v) is 7.89. The van der Waals surface area contributed by atoms with E-state index in [1.165, 1.54) is 41.5 Å². The Hall–Kier alpha value is -0.450. The van der Waals surface area contributed by atoms with Crippen LogP contribution >= 0.6 is 11.3 Å². The molecule has 4 heteroatoms. The third-order valence-corrected chi connectivity index (χ3v) is 4.68. The third-order valence-electron chi connectivity index (χ3n) is 3.59. The Morgan fingerprint density at radius 2 is 2.33 bits per heavy atom. The third kappa shape index (κ3) is 3.53. The molecule has 0 spiro atoms. The summed E-state index contributed by atoms with van der Waals surface area (Å²) >= 11 is 1.89. The highest BCUT2D eigenvalue weighted by molar-refractivity contribution is 7.11. The lowest BCUT2D eigenvalue weighted by Gasteiger charge is -2.29. The van der Waals surface area contributed by atoms with Gasteiger partial charge in [0.15, 0.2) is 0 Å². The number of hydrogen-bond donors (Lipinski definition) is 1. The number of nitrogens with one attached hydrogen (secondary N) is 1. The van der Waals surface area contributed by atoms with Crippen molar-refractivity contribution >= 4 is 11.3 Å². The fourth-order valence-electron chi connectivity index (χ4n) is 2.70. The van der Waals surface area contributed by atoms with Gasteiger partial charge < -0.3 is 5.32 Å². The van der Waals surface area contributed by atoms with Crippen LogP contribution < -0.4 is 5.32 Å². The second-order valence-electron chi connectivity index (χ2n) is 5.34. The van der Waals surface area contributed by atoms with Crippen LogP contribution in [0, 0.1) is 5.92 Å². The second kappa shape index (κ2) is 6.64. The highest BCUT2D eigenvalue weighted by atomic mass is 32.1. The molecule has 1 fully saturated rings. The molecular weight excluding hydrogens is 242 g/mol. The van der Waals surface area contributed by atoms with E-state index in [-0.39, 0.29) is 0 Å². The fraction of sp³-hybridized carbons (Fsp3) is 0.786. The molecule has 1 saturated heterocycles. The van der Waals surface area contributed by atoms with Crippen molar-refractivity contribution in [1.29, 1.82) is 0 Å². The Bertz CT molecular complexity index is 375. The predicted octanol–water partition coefficient (Wildman–Crippen LogP) is 2.66. The molecule has 1 N–H and O–H groups in total. The Kier molecular flexibility index (Phi) is 5.15. The first-order chi connectivity index (χ1) is 8.72. The van der Waals surface area contributed by atoms with E-state index in [2.05, 4.69) is 24.1 Å². The van der Waals surface area contributed by atoms with Crippen LogP contribution in [0.25, 0.3) is 0 Å². The van der Waals surface area contributed by atoms with Gasteiger partial charge in [0, 0.05) is 18.0 Å². The second-order valence-corrected chi connectivity index (χ2v) is 6.51. The summed E-state index contributed by atoms with van der Waals surface area (Å²) < 4.78 is 0. The molecular formula is C14H25N3S. The van der Waals surface area contributed by atoms with E-state index in [0.29, 0.717) is 0 Å². The van der Waals surface area contributed by atoms with Crippen molar-refractivity contribution in [3.8, 4) is 0 Å². The zero-order valence-electron chi connectivity index (χ0n) is 11.8. The van der Waals surface area contributed by atoms with E-state index in [1.807, 2.05) is 18.4 Å². The number of likely N-dealkylation sites (tertiary alicyclic amines) is 1. The van der Waals surface area contributed by atoms with Gasteiger partial charge in [-0.1, -0.05) is 13.8 Å². The SMILES string of the molecule is CCc1nc(CN2CCCC(C)C2)sc1CNC. The van der Waals surface area contributed by atoms with Crippen molar-refractivity contribution in [3.05, 3.63) is 15.6 Å². The van der Waals surface area contributed by atoms with E-state index in [0.717, 1.165) is 25.4 Å². The molecule has 102 valence electrons. The van der Waals surface area contributed by atoms with Gasteiger partial charge in [-0.15, -0.1) is 11.3 Å². The first kappa shape index (κ1) is 14.0. The van der Waals surface area contributed by atoms with Gasteiger partial charge in [0.2, 0.25) is 0 Å². The van der Waals surface area contributed by atoms with E-state index in [9.17, 15) is 0 Å². The van der Waals surface area contributed by atoms with Gasteiger partial charge in [-0.05, 0) is 38.8 Å². The molecule has 2 heterocycles. The maximum atomic E-state index is 4.80. The van der Waals surface area contributed by atoms with E-state index >= 15 is 0 Å². The largest absolute Gasteiger partial charge is 0.315 e. The summed E-state index contributed by atoms with van der Waals surface area (Å²) in [6.07, 6.45) is 3.78. The smallest absolute Gasteiger partial charge is 0.107 e. The highest BCUT2D eigenvalue weighted by Gasteiger charge is 2.18. The van der Waals surface area contributed by atoms with Crippen molar-refractivity contribution in [2.75, 3.05) is 20.1 Å². The number of rotatable bonds is 5. The summed E-state index contributed by atoms with van der Waals surface area (Å²) in [6, 6.07) is 0. The molecule has 1 atom stereocenters. The van der Waals surface area contributed by atoms with Crippen molar-refractivity contribution in [1.82, 2.24) is 15.2 Å². The summed E-state index contributed by atoms with van der Waals surface area (Å²) in [5.41, 5.74) is 1.29. The predicted molar refractivity (Wildman–Crippen MR) is 77.9 cm³/mol. The molecule has 0 amide bonds. The molecule has 1 unspecified atom stereocenters. The van der Waals surface area contributed by atoms with Crippen LogP contribution in [-0.2, 0) is 19.5 Å². The average Bonchev–Trinajstić information content (AvgIpc) is 2.72. The van der Waals surface area contributed by atoms with Crippen LogP contribution in [0.5, 0.6) is 0 Å². The lowest BCUT2D eigenvalue weighted by atomic mass is 10.0. The van der Waals surface area contributed by atoms with E-state index in [1.54, 1.807) is 0 Å². The summed E-state index contributed by atoms with van der Waals surface area (Å²) in [5.74, 6) is 0.848. The fourth-order valence-corrected chi connectivity index (χ4v) is 3.91. The maximum absolute atomic E-state index is 4.80. The van der Waals surface area contributed by atoms with E-state index < -0.39 is 0 Å². The minimum Gasteiger partial charge on any atom is -0.315 e. The molecule has 0 aliphatic carbocycles. The Balaban J connectivity index is 2.00. The first-order valence-electron chi connectivity index (χ1n) is 7.07. The molecule has 1 aliphatic rings. The van der Waals surface area contributed by atoms with Gasteiger partial charge >= 0.3 is 0 Å². The molecule has 1 aromatic heterocycles. The topological polar surface area (TPSA) is 28.2 Å². The molecule has 0 aromatic carbocycles. The number of hydrogen-bond acceptors (Lipinski definition) is 4. The van der Waals surface area contributed by atoms with Crippen LogP contribution in [0.15, 0.2) is 0 Å². The number of aromatic nitrogens is 1. The Labute approximate surface area is 115 Å². The lowest BCUT2D eigenvalue weighted by molar-refractivity contribution is 0.176. The number of nitrogens with zero attached hydrogens (tertiary/aromatic N) is 2. The number of thiazole rings is 1. The molecule has 18 heavy (non-hydrogen) atoms. The Morgan fingerprint density at radius 1 is 1.50 bits per heavy atom. The molecule has 0 saturated carbocycles. The quantitative estimate of drug-likeness (QED) is 0.889. The van der Waals surface area contributed by atoms with Gasteiger partial charge in [0.25, 0.3) is 0 Å². The van der Waals surface area contributed by atoms with Gasteiger partial charge in [-0.3, -0.25) is 4.90 Å². The molecule has 3 nitrogen and oxygen atoms in total. The average molecular weight is 267 g/mol. The summed E-state index contributed by atoms with van der Waals surface area (Å²) in [6.45, 7) is 9.04. The van der Waals surface area contributed by atoms with Crippen molar-refractivity contribution < 1.29 is 0 Å². The summed E-state index contributed by atoms with van der Waals surface area (Å²) in [7, 11) is 2.01. The highest BCUT2D eigenvalue weighted by Crippen LogP contribution is 2.23. The van der Waals surface area contributed by atoms with Crippen LogP contribution in [0.2, 0.25) is 0 Å². The van der Waals surface area contributed by atoms with Gasteiger partial charge in [0.1, 0.15) is 5.01 Å². The minimum atomic E-state index is 0.848. The van der Waals surface area contributed by atoms with Gasteiger partial charge in [-0.2, -0.15) is 0 Å². The summed E-state index contributed by atoms with van der Waals surface area (Å²) in [5, 5.41) is 4.54. The van der Waals surface area contributed by atoms with Crippen molar-refractivity contribution in [2.45, 2.75) is 46.2 Å². The van der Waals surface area contributed by atoms with Crippen molar-refractivity contribution in [2.24, 2.45) is 5.92 Å².